The second kappa shape index (κ2) is 8.65. The topological polar surface area (TPSA) is 111 Å². The Labute approximate surface area is 144 Å². The molecule has 1 atom stereocenters. The molecule has 2 rings (SSSR count). The molecule has 8 nitrogen and oxygen atoms in total. The van der Waals surface area contributed by atoms with Crippen molar-refractivity contribution in [2.45, 2.75) is 6.10 Å². The van der Waals surface area contributed by atoms with Crippen molar-refractivity contribution in [2.75, 3.05) is 20.3 Å². The van der Waals surface area contributed by atoms with Gasteiger partial charge in [0.05, 0.1) is 18.1 Å². The number of carbonyl (C=O) groups is 1. The Morgan fingerprint density at radius 3 is 2.32 bits per heavy atom. The number of benzene rings is 2. The fourth-order valence-corrected chi connectivity index (χ4v) is 2.02. The number of ether oxygens (including phenoxy) is 2. The molecule has 1 amide bonds. The van der Waals surface area contributed by atoms with Gasteiger partial charge in [0.2, 0.25) is 0 Å². The molecule has 0 heterocycles. The number of hydrogen-bond acceptors (Lipinski definition) is 6. The number of carbonyl (C=O) groups excluding carboxylic acids is 1. The summed E-state index contributed by atoms with van der Waals surface area (Å²) in [5.41, 5.74) is 0.412. The molecule has 2 aromatic rings. The Hall–Kier alpha value is -3.13. The van der Waals surface area contributed by atoms with Gasteiger partial charge in [0, 0.05) is 18.7 Å². The highest BCUT2D eigenvalue weighted by Crippen LogP contribution is 2.18. The van der Waals surface area contributed by atoms with Gasteiger partial charge in [-0.05, 0) is 42.0 Å². The molecule has 2 aromatic carbocycles. The van der Waals surface area contributed by atoms with Gasteiger partial charge in [-0.2, -0.15) is 0 Å². The van der Waals surface area contributed by atoms with Gasteiger partial charge in [0.15, 0.2) is 6.61 Å². The fourth-order valence-electron chi connectivity index (χ4n) is 2.02. The van der Waals surface area contributed by atoms with Gasteiger partial charge in [-0.15, -0.1) is 0 Å². The first-order chi connectivity index (χ1) is 12.0. The van der Waals surface area contributed by atoms with E-state index in [1.165, 1.54) is 24.3 Å². The molecule has 25 heavy (non-hydrogen) atoms. The Bertz CT molecular complexity index is 715. The third kappa shape index (κ3) is 5.47. The van der Waals surface area contributed by atoms with Crippen LogP contribution in [-0.4, -0.2) is 36.2 Å². The first-order valence-corrected chi connectivity index (χ1v) is 7.45. The number of non-ortho nitro benzene ring substituents is 1. The number of nitro groups is 1. The van der Waals surface area contributed by atoms with E-state index in [1.54, 1.807) is 31.4 Å². The first kappa shape index (κ1) is 18.2. The summed E-state index contributed by atoms with van der Waals surface area (Å²) in [6.07, 6.45) is -0.967. The zero-order valence-electron chi connectivity index (χ0n) is 13.5. The molecule has 0 saturated heterocycles. The van der Waals surface area contributed by atoms with E-state index in [0.717, 1.165) is 0 Å². The van der Waals surface area contributed by atoms with Gasteiger partial charge < -0.3 is 19.9 Å². The zero-order valence-corrected chi connectivity index (χ0v) is 13.5. The minimum atomic E-state index is -0.967. The van der Waals surface area contributed by atoms with Crippen molar-refractivity contribution in [3.8, 4) is 11.5 Å². The molecule has 0 aliphatic rings. The van der Waals surface area contributed by atoms with Crippen molar-refractivity contribution < 1.29 is 24.3 Å². The average molecular weight is 346 g/mol. The maximum atomic E-state index is 11.8. The minimum absolute atomic E-state index is 0.0252. The number of aliphatic hydroxyl groups excluding tert-OH is 1. The Morgan fingerprint density at radius 2 is 1.76 bits per heavy atom. The highest BCUT2D eigenvalue weighted by atomic mass is 16.6. The molecule has 132 valence electrons. The van der Waals surface area contributed by atoms with Crippen molar-refractivity contribution in [3.63, 3.8) is 0 Å². The van der Waals surface area contributed by atoms with Gasteiger partial charge in [-0.25, -0.2) is 0 Å². The highest BCUT2D eigenvalue weighted by Gasteiger charge is 2.12. The van der Waals surface area contributed by atoms with Crippen LogP contribution in [0.2, 0.25) is 0 Å². The average Bonchev–Trinajstić information content (AvgIpc) is 2.64. The maximum Gasteiger partial charge on any atom is 0.269 e. The third-order valence-corrected chi connectivity index (χ3v) is 3.41. The van der Waals surface area contributed by atoms with Gasteiger partial charge in [0.1, 0.15) is 11.5 Å². The van der Waals surface area contributed by atoms with E-state index < -0.39 is 16.9 Å². The molecule has 0 saturated carbocycles. The van der Waals surface area contributed by atoms with Crippen molar-refractivity contribution >= 4 is 11.6 Å². The van der Waals surface area contributed by atoms with Crippen molar-refractivity contribution in [1.82, 2.24) is 5.32 Å². The standard InChI is InChI=1S/C17H18N2O6/c1-24-14-6-8-15(9-7-14)25-11-17(21)18-10-16(20)12-2-4-13(5-3-12)19(22)23/h2-9,16,20H,10-11H2,1H3,(H,18,21)/t16-/m1/s1. The molecule has 0 unspecified atom stereocenters. The van der Waals surface area contributed by atoms with E-state index in [-0.39, 0.29) is 18.8 Å². The summed E-state index contributed by atoms with van der Waals surface area (Å²) in [4.78, 5) is 21.8. The normalized spacial score (nSPS) is 11.4. The van der Waals surface area contributed by atoms with Gasteiger partial charge in [0.25, 0.3) is 11.6 Å². The molecular formula is C17H18N2O6. The van der Waals surface area contributed by atoms with E-state index >= 15 is 0 Å². The second-order valence-corrected chi connectivity index (χ2v) is 5.13. The van der Waals surface area contributed by atoms with Crippen LogP contribution in [-0.2, 0) is 4.79 Å². The summed E-state index contributed by atoms with van der Waals surface area (Å²) >= 11 is 0. The van der Waals surface area contributed by atoms with Crippen molar-refractivity contribution in [3.05, 3.63) is 64.2 Å². The number of nitro benzene ring substituents is 1. The van der Waals surface area contributed by atoms with Crippen LogP contribution in [0.3, 0.4) is 0 Å². The molecular weight excluding hydrogens is 328 g/mol. The predicted octanol–water partition coefficient (Wildman–Crippen LogP) is 1.83. The Kier molecular flexibility index (Phi) is 6.30. The van der Waals surface area contributed by atoms with Crippen LogP contribution in [0.1, 0.15) is 11.7 Å². The summed E-state index contributed by atoms with van der Waals surface area (Å²) in [6.45, 7) is -0.220. The summed E-state index contributed by atoms with van der Waals surface area (Å²) in [7, 11) is 1.56. The number of nitrogens with one attached hydrogen (secondary N) is 1. The van der Waals surface area contributed by atoms with E-state index in [4.69, 9.17) is 9.47 Å². The molecule has 8 heteroatoms. The largest absolute Gasteiger partial charge is 0.497 e. The lowest BCUT2D eigenvalue weighted by Gasteiger charge is -2.12. The second-order valence-electron chi connectivity index (χ2n) is 5.13. The molecule has 0 spiro atoms. The Morgan fingerprint density at radius 1 is 1.16 bits per heavy atom. The summed E-state index contributed by atoms with van der Waals surface area (Å²) in [5.74, 6) is 0.812. The van der Waals surface area contributed by atoms with E-state index in [2.05, 4.69) is 5.32 Å². The molecule has 2 N–H and O–H groups in total. The lowest BCUT2D eigenvalue weighted by Crippen LogP contribution is -2.32. The van der Waals surface area contributed by atoms with Crippen LogP contribution < -0.4 is 14.8 Å². The van der Waals surface area contributed by atoms with Gasteiger partial charge in [-0.1, -0.05) is 0 Å². The maximum absolute atomic E-state index is 11.8. The van der Waals surface area contributed by atoms with Gasteiger partial charge >= 0.3 is 0 Å². The smallest absolute Gasteiger partial charge is 0.269 e. The Balaban J connectivity index is 1.77. The molecule has 0 bridgehead atoms. The molecule has 0 radical (unpaired) electrons. The number of nitrogens with zero attached hydrogens (tertiary/aromatic N) is 1. The van der Waals surface area contributed by atoms with Crippen LogP contribution in [0.25, 0.3) is 0 Å². The van der Waals surface area contributed by atoms with E-state index in [0.29, 0.717) is 17.1 Å². The number of amides is 1. The lowest BCUT2D eigenvalue weighted by molar-refractivity contribution is -0.384. The van der Waals surface area contributed by atoms with E-state index in [9.17, 15) is 20.0 Å². The number of methoxy groups -OCH3 is 1. The summed E-state index contributed by atoms with van der Waals surface area (Å²) in [6, 6.07) is 12.3. The third-order valence-electron chi connectivity index (χ3n) is 3.41. The van der Waals surface area contributed by atoms with Crippen LogP contribution in [0.15, 0.2) is 48.5 Å². The lowest BCUT2D eigenvalue weighted by atomic mass is 10.1. The first-order valence-electron chi connectivity index (χ1n) is 7.45. The molecule has 0 aliphatic carbocycles. The van der Waals surface area contributed by atoms with Crippen LogP contribution >= 0.6 is 0 Å². The molecule has 0 aromatic heterocycles. The summed E-state index contributed by atoms with van der Waals surface area (Å²) in [5, 5.41) is 23.1. The van der Waals surface area contributed by atoms with Crippen molar-refractivity contribution in [1.29, 1.82) is 0 Å². The number of hydrogen-bond donors (Lipinski definition) is 2. The zero-order chi connectivity index (χ0) is 18.2. The van der Waals surface area contributed by atoms with E-state index in [1.807, 2.05) is 0 Å². The SMILES string of the molecule is COc1ccc(OCC(=O)NC[C@@H](O)c2ccc([N+](=O)[O-])cc2)cc1. The predicted molar refractivity (Wildman–Crippen MR) is 89.6 cm³/mol. The van der Waals surface area contributed by atoms with Crippen LogP contribution in [0.4, 0.5) is 5.69 Å². The highest BCUT2D eigenvalue weighted by molar-refractivity contribution is 5.77. The number of aliphatic hydroxyl groups is 1. The van der Waals surface area contributed by atoms with Crippen molar-refractivity contribution in [2.24, 2.45) is 0 Å². The van der Waals surface area contributed by atoms with Crippen LogP contribution in [0.5, 0.6) is 11.5 Å². The molecule has 0 aliphatic heterocycles. The van der Waals surface area contributed by atoms with Crippen LogP contribution in [0, 0.1) is 10.1 Å². The summed E-state index contributed by atoms with van der Waals surface area (Å²) < 4.78 is 10.3. The quantitative estimate of drug-likeness (QED) is 0.557. The molecule has 0 fully saturated rings. The van der Waals surface area contributed by atoms with Gasteiger partial charge in [-0.3, -0.25) is 14.9 Å². The number of rotatable bonds is 8. The monoisotopic (exact) mass is 346 g/mol. The minimum Gasteiger partial charge on any atom is -0.497 e. The fraction of sp³-hybridized carbons (Fsp3) is 0.235.